The highest BCUT2D eigenvalue weighted by molar-refractivity contribution is 9.10. The number of hydrogen-bond donors (Lipinski definition) is 1. The zero-order chi connectivity index (χ0) is 26.8. The maximum Gasteiger partial charge on any atom is 0.410 e. The first-order valence-electron chi connectivity index (χ1n) is 12.7. The molecule has 0 atom stereocenters. The van der Waals surface area contributed by atoms with Crippen LogP contribution in [0, 0.1) is 5.92 Å². The van der Waals surface area contributed by atoms with E-state index < -0.39 is 0 Å². The summed E-state index contributed by atoms with van der Waals surface area (Å²) in [7, 11) is 0. The molecule has 202 valence electrons. The van der Waals surface area contributed by atoms with Crippen LogP contribution in [0.1, 0.15) is 24.8 Å². The van der Waals surface area contributed by atoms with Gasteiger partial charge in [-0.2, -0.15) is 0 Å². The van der Waals surface area contributed by atoms with Crippen LogP contribution in [0.2, 0.25) is 0 Å². The number of imidazole rings is 1. The number of nitrogen functional groups attached to an aromatic ring is 1. The molecule has 4 aliphatic heterocycles. The van der Waals surface area contributed by atoms with E-state index in [1.54, 1.807) is 11.2 Å². The molecule has 0 bridgehead atoms. The predicted octanol–water partition coefficient (Wildman–Crippen LogP) is 5.44. The van der Waals surface area contributed by atoms with E-state index in [-0.39, 0.29) is 12.9 Å². The molecule has 1 saturated heterocycles. The standard InChI is InChI=1S/C27H27BrN6O4S/c28-19-12-20-21(38-16-37-20)13-22(19)39-26-31-23-24(29)30-15-34(25(23)32-26)11-8-17-6-9-33(10-7-17)27(35)36-14-18-4-2-1-3-5-18/h1-5,12-13,15,17H,6-11,14,16,29H2. The monoisotopic (exact) mass is 610 g/mol. The van der Waals surface area contributed by atoms with Crippen molar-refractivity contribution in [2.24, 2.45) is 5.92 Å². The van der Waals surface area contributed by atoms with Crippen LogP contribution >= 0.6 is 27.7 Å². The van der Waals surface area contributed by atoms with Gasteiger partial charge >= 0.3 is 6.09 Å². The Kier molecular flexibility index (Phi) is 7.47. The molecule has 0 spiro atoms. The van der Waals surface area contributed by atoms with E-state index in [2.05, 4.69) is 25.9 Å². The predicted molar refractivity (Wildman–Crippen MR) is 149 cm³/mol. The first-order valence-corrected chi connectivity index (χ1v) is 14.4. The van der Waals surface area contributed by atoms with Crippen LogP contribution in [-0.2, 0) is 17.9 Å². The zero-order valence-electron chi connectivity index (χ0n) is 21.1. The molecule has 4 heterocycles. The molecule has 6 rings (SSSR count). The summed E-state index contributed by atoms with van der Waals surface area (Å²) >= 11 is 5.02. The van der Waals surface area contributed by atoms with E-state index in [4.69, 9.17) is 24.9 Å². The lowest BCUT2D eigenvalue weighted by Gasteiger charge is -2.31. The Bertz CT molecular complexity index is 1440. The van der Waals surface area contributed by atoms with Gasteiger partial charge in [-0.1, -0.05) is 30.3 Å². The lowest BCUT2D eigenvalue weighted by Crippen LogP contribution is -2.39. The summed E-state index contributed by atoms with van der Waals surface area (Å²) in [6.07, 6.45) is 4.29. The molecule has 2 aromatic rings. The van der Waals surface area contributed by atoms with Crippen molar-refractivity contribution in [2.75, 3.05) is 25.6 Å². The fourth-order valence-corrected chi connectivity index (χ4v) is 6.11. The Morgan fingerprint density at radius 2 is 1.90 bits per heavy atom. The molecular formula is C27H27BrN6O4S. The zero-order valence-corrected chi connectivity index (χ0v) is 23.5. The second-order valence-electron chi connectivity index (χ2n) is 9.50. The second kappa shape index (κ2) is 11.3. The highest BCUT2D eigenvalue weighted by atomic mass is 79.9. The smallest absolute Gasteiger partial charge is 0.410 e. The van der Waals surface area contributed by atoms with E-state index in [9.17, 15) is 4.79 Å². The number of carbonyl (C=O) groups is 1. The number of nitrogens with two attached hydrogens (primary N) is 1. The van der Waals surface area contributed by atoms with Gasteiger partial charge in [0.05, 0.1) is 6.33 Å². The Morgan fingerprint density at radius 1 is 1.13 bits per heavy atom. The van der Waals surface area contributed by atoms with Crippen molar-refractivity contribution in [1.29, 1.82) is 0 Å². The van der Waals surface area contributed by atoms with Crippen molar-refractivity contribution < 1.29 is 19.0 Å². The number of fused-ring (bicyclic) bond motifs is 2. The molecule has 10 nitrogen and oxygen atoms in total. The van der Waals surface area contributed by atoms with Gasteiger partial charge in [-0.3, -0.25) is 0 Å². The third kappa shape index (κ3) is 5.76. The topological polar surface area (TPSA) is 118 Å². The molecular weight excluding hydrogens is 584 g/mol. The number of nitrogens with zero attached hydrogens (tertiary/aromatic N) is 5. The van der Waals surface area contributed by atoms with Gasteiger partial charge in [-0.05, 0) is 70.6 Å². The molecule has 1 fully saturated rings. The van der Waals surface area contributed by atoms with E-state index in [0.29, 0.717) is 59.6 Å². The van der Waals surface area contributed by atoms with Crippen molar-refractivity contribution in [3.63, 3.8) is 0 Å². The van der Waals surface area contributed by atoms with Gasteiger partial charge in [0.2, 0.25) is 6.79 Å². The highest BCUT2D eigenvalue weighted by Crippen LogP contribution is 2.43. The SMILES string of the molecule is Nc1ncn(CCC2CCN(C(=O)OCc3ccccc3)CC2)c2nc(Sc3cc4c(cc3Br)OCO4)nc1-2. The molecule has 0 aliphatic carbocycles. The number of aryl methyl sites for hydroxylation is 1. The van der Waals surface area contributed by atoms with Crippen LogP contribution in [0.5, 0.6) is 11.5 Å². The summed E-state index contributed by atoms with van der Waals surface area (Å²) in [4.78, 5) is 29.0. The summed E-state index contributed by atoms with van der Waals surface area (Å²) in [5.41, 5.74) is 7.73. The number of anilines is 1. The normalized spacial score (nSPS) is 15.2. The van der Waals surface area contributed by atoms with Gasteiger partial charge in [0.1, 0.15) is 6.61 Å². The van der Waals surface area contributed by atoms with Gasteiger partial charge in [0.25, 0.3) is 0 Å². The summed E-state index contributed by atoms with van der Waals surface area (Å²) < 4.78 is 19.3. The van der Waals surface area contributed by atoms with Crippen molar-refractivity contribution in [1.82, 2.24) is 24.4 Å². The maximum absolute atomic E-state index is 12.5. The molecule has 4 aliphatic rings. The maximum atomic E-state index is 12.5. The summed E-state index contributed by atoms with van der Waals surface area (Å²) in [5.74, 6) is 2.96. The highest BCUT2D eigenvalue weighted by Gasteiger charge is 2.26. The molecule has 0 saturated carbocycles. The molecule has 12 heteroatoms. The van der Waals surface area contributed by atoms with E-state index in [0.717, 1.165) is 40.7 Å². The van der Waals surface area contributed by atoms with E-state index in [1.807, 2.05) is 47.0 Å². The van der Waals surface area contributed by atoms with Crippen molar-refractivity contribution in [3.8, 4) is 23.0 Å². The van der Waals surface area contributed by atoms with Gasteiger partial charge in [-0.25, -0.2) is 19.7 Å². The van der Waals surface area contributed by atoms with Crippen LogP contribution < -0.4 is 15.2 Å². The summed E-state index contributed by atoms with van der Waals surface area (Å²) in [6.45, 7) is 2.64. The minimum absolute atomic E-state index is 0.215. The quantitative estimate of drug-likeness (QED) is 0.292. The van der Waals surface area contributed by atoms with Gasteiger partial charge in [0.15, 0.2) is 34.0 Å². The average molecular weight is 612 g/mol. The molecule has 2 N–H and O–H groups in total. The van der Waals surface area contributed by atoms with Crippen LogP contribution in [-0.4, -0.2) is 50.4 Å². The number of hydrogen-bond acceptors (Lipinski definition) is 9. The van der Waals surface area contributed by atoms with E-state index in [1.165, 1.54) is 11.8 Å². The summed E-state index contributed by atoms with van der Waals surface area (Å²) in [6, 6.07) is 13.5. The molecule has 1 amide bonds. The van der Waals surface area contributed by atoms with E-state index >= 15 is 0 Å². The third-order valence-corrected chi connectivity index (χ3v) is 8.80. The Morgan fingerprint density at radius 3 is 2.69 bits per heavy atom. The van der Waals surface area contributed by atoms with Crippen LogP contribution in [0.4, 0.5) is 10.6 Å². The first-order chi connectivity index (χ1) is 19.0. The number of benzene rings is 2. The number of halogens is 1. The van der Waals surface area contributed by atoms with Crippen molar-refractivity contribution in [2.45, 2.75) is 42.5 Å². The van der Waals surface area contributed by atoms with Crippen LogP contribution in [0.25, 0.3) is 11.5 Å². The molecule has 0 unspecified atom stereocenters. The van der Waals surface area contributed by atoms with Gasteiger partial charge < -0.3 is 29.4 Å². The Labute approximate surface area is 238 Å². The fourth-order valence-electron chi connectivity index (χ4n) is 4.75. The number of likely N-dealkylation sites (tertiary alicyclic amines) is 1. The fraction of sp³-hybridized carbons (Fsp3) is 0.333. The van der Waals surface area contributed by atoms with Gasteiger partial charge in [0, 0.05) is 29.0 Å². The number of aromatic nitrogens is 4. The number of ether oxygens (including phenoxy) is 3. The second-order valence-corrected chi connectivity index (χ2v) is 11.4. The minimum Gasteiger partial charge on any atom is -0.454 e. The molecule has 0 aromatic heterocycles. The molecule has 39 heavy (non-hydrogen) atoms. The number of rotatable bonds is 7. The Hall–Kier alpha value is -3.51. The minimum atomic E-state index is -0.248. The number of amides is 1. The largest absolute Gasteiger partial charge is 0.454 e. The molecule has 0 radical (unpaired) electrons. The first kappa shape index (κ1) is 25.8. The molecule has 2 aromatic carbocycles. The number of piperidine rings is 1. The van der Waals surface area contributed by atoms with Crippen molar-refractivity contribution >= 4 is 39.6 Å². The number of carbonyl (C=O) groups excluding carboxylic acids is 1. The Balaban J connectivity index is 1.06. The third-order valence-electron chi connectivity index (χ3n) is 6.96. The van der Waals surface area contributed by atoms with Gasteiger partial charge in [-0.15, -0.1) is 0 Å². The van der Waals surface area contributed by atoms with Crippen molar-refractivity contribution in [3.05, 3.63) is 58.8 Å². The summed E-state index contributed by atoms with van der Waals surface area (Å²) in [5, 5.41) is 0.584. The van der Waals surface area contributed by atoms with Crippen LogP contribution in [0.15, 0.2) is 63.3 Å². The lowest BCUT2D eigenvalue weighted by molar-refractivity contribution is 0.0811. The average Bonchev–Trinajstić information content (AvgIpc) is 3.60. The van der Waals surface area contributed by atoms with Crippen LogP contribution in [0.3, 0.4) is 0 Å². The lowest BCUT2D eigenvalue weighted by atomic mass is 9.94.